The number of likely N-dealkylation sites (tertiary alicyclic amines) is 1. The number of esters is 1. The molecule has 1 aliphatic carbocycles. The summed E-state index contributed by atoms with van der Waals surface area (Å²) in [5, 5.41) is 0. The van der Waals surface area contributed by atoms with E-state index in [0.717, 1.165) is 30.7 Å². The molecule has 1 saturated carbocycles. The van der Waals surface area contributed by atoms with Crippen molar-refractivity contribution in [2.24, 2.45) is 5.92 Å². The molecule has 0 spiro atoms. The van der Waals surface area contributed by atoms with E-state index in [0.29, 0.717) is 17.0 Å². The quantitative estimate of drug-likeness (QED) is 0.562. The van der Waals surface area contributed by atoms with E-state index in [1.165, 1.54) is 19.3 Å². The second-order valence-electron chi connectivity index (χ2n) is 8.06. The van der Waals surface area contributed by atoms with Crippen molar-refractivity contribution >= 4 is 23.7 Å². The second-order valence-corrected chi connectivity index (χ2v) is 8.06. The molecule has 2 aliphatic heterocycles. The number of ether oxygens (including phenoxy) is 1. The number of hydrogen-bond donors (Lipinski definition) is 0. The Morgan fingerprint density at radius 3 is 2.34 bits per heavy atom. The minimum atomic E-state index is -0.577. The molecule has 1 aromatic rings. The van der Waals surface area contributed by atoms with Gasteiger partial charge < -0.3 is 9.64 Å². The van der Waals surface area contributed by atoms with Gasteiger partial charge in [0.15, 0.2) is 6.61 Å². The average Bonchev–Trinajstić information content (AvgIpc) is 3.00. The highest BCUT2D eigenvalue weighted by Crippen LogP contribution is 2.35. The molecular weight excluding hydrogens is 372 g/mol. The fraction of sp³-hybridized carbons (Fsp3) is 0.545. The molecule has 0 N–H and O–H groups in total. The number of imide groups is 1. The van der Waals surface area contributed by atoms with E-state index >= 15 is 0 Å². The van der Waals surface area contributed by atoms with Crippen LogP contribution in [0.15, 0.2) is 24.3 Å². The zero-order valence-electron chi connectivity index (χ0n) is 16.5. The van der Waals surface area contributed by atoms with Crippen LogP contribution in [0.5, 0.6) is 0 Å². The number of carbonyl (C=O) groups is 4. The van der Waals surface area contributed by atoms with Crippen molar-refractivity contribution in [3.8, 4) is 0 Å². The summed E-state index contributed by atoms with van der Waals surface area (Å²) < 4.78 is 5.16. The summed E-state index contributed by atoms with van der Waals surface area (Å²) in [5.74, 6) is -0.939. The number of amides is 3. The summed E-state index contributed by atoms with van der Waals surface area (Å²) in [5.41, 5.74) is 0.710. The standard InChI is InChI=1S/C22H26N2O5/c25-19(23-12-5-7-15-6-1-4-10-18(15)23)14-29-20(26)11-13-24-21(27)16-8-2-3-9-17(16)22(24)28/h2-3,8-9,15,18H,1,4-7,10-14H2/t15-,18-/m0/s1. The number of nitrogens with zero attached hydrogens (tertiary/aromatic N) is 2. The molecule has 154 valence electrons. The fourth-order valence-electron chi connectivity index (χ4n) is 4.88. The molecule has 1 aromatic carbocycles. The van der Waals surface area contributed by atoms with Gasteiger partial charge in [0.25, 0.3) is 17.7 Å². The number of fused-ring (bicyclic) bond motifs is 2. The van der Waals surface area contributed by atoms with Crippen molar-refractivity contribution in [2.75, 3.05) is 19.7 Å². The van der Waals surface area contributed by atoms with Crippen LogP contribution >= 0.6 is 0 Å². The normalized spacial score (nSPS) is 23.6. The van der Waals surface area contributed by atoms with Crippen LogP contribution in [0, 0.1) is 5.92 Å². The van der Waals surface area contributed by atoms with Gasteiger partial charge in [-0.2, -0.15) is 0 Å². The molecule has 2 atom stereocenters. The zero-order valence-corrected chi connectivity index (χ0v) is 16.5. The van der Waals surface area contributed by atoms with Crippen molar-refractivity contribution in [3.63, 3.8) is 0 Å². The van der Waals surface area contributed by atoms with Gasteiger partial charge >= 0.3 is 5.97 Å². The Labute approximate surface area is 170 Å². The van der Waals surface area contributed by atoms with E-state index in [9.17, 15) is 19.2 Å². The van der Waals surface area contributed by atoms with Gasteiger partial charge in [-0.05, 0) is 43.7 Å². The Kier molecular flexibility index (Phi) is 5.65. The van der Waals surface area contributed by atoms with Gasteiger partial charge in [0, 0.05) is 19.1 Å². The third-order valence-electron chi connectivity index (χ3n) is 6.34. The molecule has 29 heavy (non-hydrogen) atoms. The molecule has 0 aromatic heterocycles. The predicted octanol–water partition coefficient (Wildman–Crippen LogP) is 2.40. The fourth-order valence-corrected chi connectivity index (χ4v) is 4.88. The van der Waals surface area contributed by atoms with Crippen molar-refractivity contribution in [1.82, 2.24) is 9.80 Å². The first-order valence-corrected chi connectivity index (χ1v) is 10.5. The van der Waals surface area contributed by atoms with Crippen LogP contribution in [0.4, 0.5) is 0 Å². The van der Waals surface area contributed by atoms with Gasteiger partial charge in [0.2, 0.25) is 0 Å². The highest BCUT2D eigenvalue weighted by Gasteiger charge is 2.37. The van der Waals surface area contributed by atoms with Crippen LogP contribution in [0.3, 0.4) is 0 Å². The summed E-state index contributed by atoms with van der Waals surface area (Å²) in [7, 11) is 0. The lowest BCUT2D eigenvalue weighted by Crippen LogP contribution is -2.50. The SMILES string of the molecule is O=C(CCN1C(=O)c2ccccc2C1=O)OCC(=O)N1CCC[C@@H]2CCCC[C@@H]21. The average molecular weight is 398 g/mol. The molecular formula is C22H26N2O5. The maximum absolute atomic E-state index is 12.6. The number of carbonyl (C=O) groups excluding carboxylic acids is 4. The Balaban J connectivity index is 1.26. The Morgan fingerprint density at radius 2 is 1.62 bits per heavy atom. The number of rotatable bonds is 5. The first kappa shape index (κ1) is 19.6. The first-order valence-electron chi connectivity index (χ1n) is 10.5. The van der Waals surface area contributed by atoms with Gasteiger partial charge in [-0.3, -0.25) is 24.1 Å². The number of benzene rings is 1. The molecule has 1 saturated heterocycles. The lowest BCUT2D eigenvalue weighted by atomic mass is 9.78. The van der Waals surface area contributed by atoms with E-state index in [1.54, 1.807) is 24.3 Å². The van der Waals surface area contributed by atoms with Crippen LogP contribution in [0.1, 0.15) is 65.7 Å². The van der Waals surface area contributed by atoms with Crippen LogP contribution in [0.2, 0.25) is 0 Å². The molecule has 2 fully saturated rings. The van der Waals surface area contributed by atoms with Gasteiger partial charge in [-0.1, -0.05) is 25.0 Å². The minimum absolute atomic E-state index is 0.0478. The highest BCUT2D eigenvalue weighted by atomic mass is 16.5. The van der Waals surface area contributed by atoms with Crippen molar-refractivity contribution in [1.29, 1.82) is 0 Å². The van der Waals surface area contributed by atoms with Crippen molar-refractivity contribution < 1.29 is 23.9 Å². The van der Waals surface area contributed by atoms with Crippen LogP contribution in [-0.2, 0) is 14.3 Å². The van der Waals surface area contributed by atoms with Gasteiger partial charge in [0.1, 0.15) is 0 Å². The number of piperidine rings is 1. The molecule has 0 unspecified atom stereocenters. The zero-order chi connectivity index (χ0) is 20.4. The van der Waals surface area contributed by atoms with E-state index in [-0.39, 0.29) is 31.5 Å². The summed E-state index contributed by atoms with van der Waals surface area (Å²) in [6.45, 7) is 0.407. The molecule has 7 heteroatoms. The largest absolute Gasteiger partial charge is 0.456 e. The molecule has 4 rings (SSSR count). The Hall–Kier alpha value is -2.70. The van der Waals surface area contributed by atoms with E-state index in [1.807, 2.05) is 4.90 Å². The van der Waals surface area contributed by atoms with Crippen molar-refractivity contribution in [2.45, 2.75) is 51.0 Å². The van der Waals surface area contributed by atoms with Gasteiger partial charge in [0.05, 0.1) is 17.5 Å². The third-order valence-corrected chi connectivity index (χ3v) is 6.34. The van der Waals surface area contributed by atoms with Gasteiger partial charge in [-0.25, -0.2) is 0 Å². The predicted molar refractivity (Wildman–Crippen MR) is 104 cm³/mol. The third kappa shape index (κ3) is 3.91. The maximum atomic E-state index is 12.6. The summed E-state index contributed by atoms with van der Waals surface area (Å²) in [6.07, 6.45) is 6.64. The topological polar surface area (TPSA) is 84.0 Å². The lowest BCUT2D eigenvalue weighted by molar-refractivity contribution is -0.155. The van der Waals surface area contributed by atoms with E-state index < -0.39 is 17.8 Å². The molecule has 2 heterocycles. The van der Waals surface area contributed by atoms with Gasteiger partial charge in [-0.15, -0.1) is 0 Å². The van der Waals surface area contributed by atoms with E-state index in [2.05, 4.69) is 0 Å². The smallest absolute Gasteiger partial charge is 0.308 e. The molecule has 0 bridgehead atoms. The Morgan fingerprint density at radius 1 is 0.966 bits per heavy atom. The second kappa shape index (κ2) is 8.35. The Bertz CT molecular complexity index is 799. The van der Waals surface area contributed by atoms with Crippen LogP contribution < -0.4 is 0 Å². The van der Waals surface area contributed by atoms with Crippen LogP contribution in [-0.4, -0.2) is 59.2 Å². The highest BCUT2D eigenvalue weighted by molar-refractivity contribution is 6.21. The lowest BCUT2D eigenvalue weighted by Gasteiger charge is -2.44. The monoisotopic (exact) mass is 398 g/mol. The maximum Gasteiger partial charge on any atom is 0.308 e. The molecule has 0 radical (unpaired) electrons. The van der Waals surface area contributed by atoms with Crippen LogP contribution in [0.25, 0.3) is 0 Å². The molecule has 7 nitrogen and oxygen atoms in total. The number of hydrogen-bond acceptors (Lipinski definition) is 5. The molecule has 3 aliphatic rings. The van der Waals surface area contributed by atoms with Crippen molar-refractivity contribution in [3.05, 3.63) is 35.4 Å². The first-order chi connectivity index (χ1) is 14.1. The van der Waals surface area contributed by atoms with E-state index in [4.69, 9.17) is 4.74 Å². The molecule has 3 amide bonds. The summed E-state index contributed by atoms with van der Waals surface area (Å²) >= 11 is 0. The summed E-state index contributed by atoms with van der Waals surface area (Å²) in [4.78, 5) is 52.3. The minimum Gasteiger partial charge on any atom is -0.456 e. The summed E-state index contributed by atoms with van der Waals surface area (Å²) in [6, 6.07) is 6.88.